The average Bonchev–Trinajstić information content (AvgIpc) is 3.46. The molecule has 2 heterocycles. The second kappa shape index (κ2) is 6.83. The van der Waals surface area contributed by atoms with Crippen molar-refractivity contribution in [1.29, 1.82) is 0 Å². The third kappa shape index (κ3) is 4.06. The summed E-state index contributed by atoms with van der Waals surface area (Å²) in [5.41, 5.74) is 2.25. The first kappa shape index (κ1) is 16.6. The summed E-state index contributed by atoms with van der Waals surface area (Å²) in [6, 6.07) is 10.4. The molecule has 132 valence electrons. The van der Waals surface area contributed by atoms with E-state index in [9.17, 15) is 0 Å². The van der Waals surface area contributed by atoms with Gasteiger partial charge in [0.25, 0.3) is 0 Å². The van der Waals surface area contributed by atoms with Crippen molar-refractivity contribution in [3.8, 4) is 0 Å². The Hall–Kier alpha value is -1.82. The van der Waals surface area contributed by atoms with Gasteiger partial charge in [0.1, 0.15) is 11.9 Å². The smallest absolute Gasteiger partial charge is 0.163 e. The number of ether oxygens (including phenoxy) is 2. The molecule has 2 fully saturated rings. The molecular weight excluding hydrogens is 314 g/mol. The van der Waals surface area contributed by atoms with Crippen LogP contribution in [0.2, 0.25) is 0 Å². The predicted molar refractivity (Wildman–Crippen MR) is 94.9 cm³/mol. The van der Waals surface area contributed by atoms with Crippen LogP contribution >= 0.6 is 0 Å². The highest BCUT2D eigenvalue weighted by Gasteiger charge is 2.37. The van der Waals surface area contributed by atoms with Gasteiger partial charge in [-0.05, 0) is 32.3 Å². The van der Waals surface area contributed by atoms with Crippen LogP contribution in [0.5, 0.6) is 0 Å². The monoisotopic (exact) mass is 339 g/mol. The van der Waals surface area contributed by atoms with Gasteiger partial charge < -0.3 is 14.8 Å². The van der Waals surface area contributed by atoms with Crippen LogP contribution in [-0.4, -0.2) is 28.4 Å². The molecule has 1 aliphatic heterocycles. The van der Waals surface area contributed by atoms with Crippen molar-refractivity contribution < 1.29 is 9.47 Å². The van der Waals surface area contributed by atoms with Gasteiger partial charge in [-0.1, -0.05) is 30.3 Å². The van der Waals surface area contributed by atoms with E-state index >= 15 is 0 Å². The molecule has 1 aromatic heterocycles. The predicted octanol–water partition coefficient (Wildman–Crippen LogP) is 3.34. The Morgan fingerprint density at radius 3 is 2.52 bits per heavy atom. The van der Waals surface area contributed by atoms with E-state index in [0.29, 0.717) is 19.1 Å². The zero-order chi connectivity index (χ0) is 17.3. The zero-order valence-corrected chi connectivity index (χ0v) is 14.8. The van der Waals surface area contributed by atoms with Gasteiger partial charge >= 0.3 is 0 Å². The third-order valence-electron chi connectivity index (χ3n) is 4.75. The Morgan fingerprint density at radius 2 is 1.84 bits per heavy atom. The molecule has 1 aliphatic carbocycles. The van der Waals surface area contributed by atoms with Gasteiger partial charge in [0, 0.05) is 30.4 Å². The molecule has 0 amide bonds. The van der Waals surface area contributed by atoms with Crippen molar-refractivity contribution in [1.82, 2.24) is 15.3 Å². The molecule has 25 heavy (non-hydrogen) atoms. The molecule has 2 aromatic rings. The summed E-state index contributed by atoms with van der Waals surface area (Å²) in [6.07, 6.45) is 6.27. The maximum atomic E-state index is 6.20. The van der Waals surface area contributed by atoms with E-state index in [-0.39, 0.29) is 12.1 Å². The fourth-order valence-corrected chi connectivity index (χ4v) is 3.17. The van der Waals surface area contributed by atoms with Crippen molar-refractivity contribution in [2.24, 2.45) is 0 Å². The number of rotatable bonds is 5. The van der Waals surface area contributed by atoms with Crippen LogP contribution in [0.15, 0.2) is 42.7 Å². The fraction of sp³-hybridized carbons (Fsp3) is 0.500. The molecule has 1 saturated heterocycles. The van der Waals surface area contributed by atoms with Crippen LogP contribution in [0, 0.1) is 0 Å². The maximum absolute atomic E-state index is 6.20. The largest absolute Gasteiger partial charge is 0.349 e. The van der Waals surface area contributed by atoms with Crippen LogP contribution in [-0.2, 0) is 16.0 Å². The molecule has 0 bridgehead atoms. The topological polar surface area (TPSA) is 56.3 Å². The summed E-state index contributed by atoms with van der Waals surface area (Å²) in [4.78, 5) is 8.98. The molecule has 2 aliphatic rings. The number of aromatic nitrogens is 2. The van der Waals surface area contributed by atoms with Crippen molar-refractivity contribution in [2.45, 2.75) is 57.1 Å². The average molecular weight is 339 g/mol. The first-order valence-electron chi connectivity index (χ1n) is 9.02. The van der Waals surface area contributed by atoms with Crippen LogP contribution in [0.25, 0.3) is 0 Å². The van der Waals surface area contributed by atoms with Crippen molar-refractivity contribution in [2.75, 3.05) is 6.61 Å². The first-order valence-corrected chi connectivity index (χ1v) is 9.02. The first-order chi connectivity index (χ1) is 12.1. The maximum Gasteiger partial charge on any atom is 0.163 e. The second-order valence-electron chi connectivity index (χ2n) is 7.37. The minimum Gasteiger partial charge on any atom is -0.349 e. The van der Waals surface area contributed by atoms with Gasteiger partial charge in [0.2, 0.25) is 0 Å². The van der Waals surface area contributed by atoms with Crippen molar-refractivity contribution >= 4 is 0 Å². The molecule has 2 atom stereocenters. The van der Waals surface area contributed by atoms with Gasteiger partial charge in [-0.3, -0.25) is 0 Å². The van der Waals surface area contributed by atoms with Crippen LogP contribution in [0.3, 0.4) is 0 Å². The summed E-state index contributed by atoms with van der Waals surface area (Å²) in [7, 11) is 0. The van der Waals surface area contributed by atoms with Crippen LogP contribution in [0.4, 0.5) is 0 Å². The number of hydrogen-bond acceptors (Lipinski definition) is 5. The number of nitrogens with zero attached hydrogens (tertiary/aromatic N) is 2. The summed E-state index contributed by atoms with van der Waals surface area (Å²) in [5, 5.41) is 3.56. The molecule has 0 radical (unpaired) electrons. The quantitative estimate of drug-likeness (QED) is 0.905. The van der Waals surface area contributed by atoms with E-state index in [1.165, 1.54) is 12.8 Å². The Labute approximate surface area is 148 Å². The molecule has 0 unspecified atom stereocenters. The minimum absolute atomic E-state index is 0.0448. The van der Waals surface area contributed by atoms with Crippen molar-refractivity contribution in [3.05, 3.63) is 59.7 Å². The number of nitrogens with one attached hydrogen (secondary N) is 1. The Bertz CT molecular complexity index is 699. The molecule has 1 N–H and O–H groups in total. The normalized spacial score (nSPS) is 25.7. The summed E-state index contributed by atoms with van der Waals surface area (Å²) in [6.45, 7) is 5.23. The van der Waals surface area contributed by atoms with E-state index in [1.54, 1.807) is 0 Å². The third-order valence-corrected chi connectivity index (χ3v) is 4.75. The molecule has 0 spiro atoms. The zero-order valence-electron chi connectivity index (χ0n) is 14.8. The summed E-state index contributed by atoms with van der Waals surface area (Å²) < 4.78 is 12.1. The summed E-state index contributed by atoms with van der Waals surface area (Å²) in [5.74, 6) is 0.997. The Balaban J connectivity index is 1.43. The van der Waals surface area contributed by atoms with Crippen LogP contribution in [0.1, 0.15) is 55.7 Å². The highest BCUT2D eigenvalue weighted by atomic mass is 16.7. The van der Waals surface area contributed by atoms with E-state index in [0.717, 1.165) is 17.0 Å². The number of benzene rings is 1. The van der Waals surface area contributed by atoms with Crippen molar-refractivity contribution in [3.63, 3.8) is 0 Å². The second-order valence-corrected chi connectivity index (χ2v) is 7.37. The molecule has 5 nitrogen and oxygen atoms in total. The molecule has 1 saturated carbocycles. The Morgan fingerprint density at radius 1 is 1.12 bits per heavy atom. The van der Waals surface area contributed by atoms with Gasteiger partial charge in [0.05, 0.1) is 12.6 Å². The van der Waals surface area contributed by atoms with Gasteiger partial charge in [0.15, 0.2) is 5.79 Å². The van der Waals surface area contributed by atoms with Gasteiger partial charge in [-0.2, -0.15) is 0 Å². The number of hydrogen-bond donors (Lipinski definition) is 1. The minimum atomic E-state index is -0.576. The van der Waals surface area contributed by atoms with Gasteiger partial charge in [-0.25, -0.2) is 9.97 Å². The van der Waals surface area contributed by atoms with E-state index < -0.39 is 5.79 Å². The standard InChI is InChI=1S/C20H25N3O2/c1-20(2)24-13-17(18(25-20)15-6-4-3-5-7-15)21-10-14-11-22-19(23-12-14)16-8-9-16/h3-7,11-12,16-18,21H,8-10,13H2,1-2H3/t17-,18-/m1/s1. The van der Waals surface area contributed by atoms with E-state index in [1.807, 2.05) is 44.4 Å². The lowest BCUT2D eigenvalue weighted by molar-refractivity contribution is -0.285. The SMILES string of the molecule is CC1(C)OC[C@@H](NCc2cnc(C3CC3)nc2)[C@@H](c2ccccc2)O1. The molecule has 4 rings (SSSR count). The van der Waals surface area contributed by atoms with Gasteiger partial charge in [-0.15, -0.1) is 0 Å². The highest BCUT2D eigenvalue weighted by Crippen LogP contribution is 2.37. The molecular formula is C20H25N3O2. The van der Waals surface area contributed by atoms with E-state index in [4.69, 9.17) is 9.47 Å². The summed E-state index contributed by atoms with van der Waals surface area (Å²) >= 11 is 0. The lowest BCUT2D eigenvalue weighted by Crippen LogP contribution is -2.50. The fourth-order valence-electron chi connectivity index (χ4n) is 3.17. The van der Waals surface area contributed by atoms with Crippen LogP contribution < -0.4 is 5.32 Å². The highest BCUT2D eigenvalue weighted by molar-refractivity contribution is 5.20. The molecule has 1 aromatic carbocycles. The lowest BCUT2D eigenvalue weighted by Gasteiger charge is -2.41. The molecule has 5 heteroatoms. The Kier molecular flexibility index (Phi) is 4.54. The lowest BCUT2D eigenvalue weighted by atomic mass is 10.0. The van der Waals surface area contributed by atoms with E-state index in [2.05, 4.69) is 27.4 Å².